The molecule has 3 rings (SSSR count). The van der Waals surface area contributed by atoms with Gasteiger partial charge in [-0.1, -0.05) is 52.7 Å². The Morgan fingerprint density at radius 2 is 1.98 bits per heavy atom. The number of aliphatic imine (C=N–C) groups is 1. The predicted molar refractivity (Wildman–Crippen MR) is 195 cm³/mol. The van der Waals surface area contributed by atoms with Gasteiger partial charge in [0.25, 0.3) is 0 Å². The molecule has 2 aliphatic rings. The van der Waals surface area contributed by atoms with Crippen molar-refractivity contribution >= 4 is 6.21 Å². The average Bonchev–Trinajstić information content (AvgIpc) is 3.03. The van der Waals surface area contributed by atoms with E-state index >= 15 is 0 Å². The van der Waals surface area contributed by atoms with E-state index in [2.05, 4.69) is 122 Å². The Labute approximate surface area is 273 Å². The van der Waals surface area contributed by atoms with E-state index in [1.54, 1.807) is 6.08 Å². The summed E-state index contributed by atoms with van der Waals surface area (Å²) in [5, 5.41) is 10.1. The topological polar surface area (TPSA) is 87.4 Å². The Bertz CT molecular complexity index is 1360. The number of nitrogens with two attached hydrogens (primary N) is 1. The molecule has 1 aliphatic carbocycles. The van der Waals surface area contributed by atoms with Crippen LogP contribution in [0, 0.1) is 12.3 Å². The van der Waals surface area contributed by atoms with Gasteiger partial charge in [-0.25, -0.2) is 0 Å². The second-order valence-electron chi connectivity index (χ2n) is 11.9. The first-order valence-electron chi connectivity index (χ1n) is 16.3. The van der Waals surface area contributed by atoms with Crippen LogP contribution in [-0.4, -0.2) is 30.3 Å². The zero-order chi connectivity index (χ0) is 33.1. The van der Waals surface area contributed by atoms with E-state index in [1.807, 2.05) is 24.7 Å². The summed E-state index contributed by atoms with van der Waals surface area (Å²) in [7, 11) is 0. The highest BCUT2D eigenvalue weighted by Crippen LogP contribution is 2.34. The molecule has 0 fully saturated rings. The molecule has 2 heterocycles. The summed E-state index contributed by atoms with van der Waals surface area (Å²) < 4.78 is 0. The largest absolute Gasteiger partial charge is 0.401 e. The van der Waals surface area contributed by atoms with Crippen molar-refractivity contribution in [3.8, 4) is 0 Å². The maximum Gasteiger partial charge on any atom is 0.0636 e. The predicted octanol–water partition coefficient (Wildman–Crippen LogP) is 8.02. The van der Waals surface area contributed by atoms with E-state index in [-0.39, 0.29) is 5.41 Å². The fourth-order valence-corrected chi connectivity index (χ4v) is 4.77. The highest BCUT2D eigenvalue weighted by molar-refractivity contribution is 5.84. The second-order valence-corrected chi connectivity index (χ2v) is 11.9. The van der Waals surface area contributed by atoms with Gasteiger partial charge in [0.2, 0.25) is 0 Å². The number of hydrogen-bond acceptors (Lipinski definition) is 6. The van der Waals surface area contributed by atoms with Gasteiger partial charge in [0.05, 0.1) is 5.70 Å². The lowest BCUT2D eigenvalue weighted by Gasteiger charge is -2.29. The molecule has 1 aliphatic heterocycles. The number of nitrogens with zero attached hydrogens (tertiary/aromatic N) is 2. The third-order valence-corrected chi connectivity index (χ3v) is 8.05. The monoisotopic (exact) mass is 608 g/mol. The molecule has 0 radical (unpaired) electrons. The minimum atomic E-state index is -0.270. The van der Waals surface area contributed by atoms with Crippen LogP contribution in [0.15, 0.2) is 125 Å². The average molecular weight is 609 g/mol. The Morgan fingerprint density at radius 3 is 2.62 bits per heavy atom. The van der Waals surface area contributed by atoms with Crippen molar-refractivity contribution in [2.24, 2.45) is 16.1 Å². The number of aromatic nitrogens is 1. The summed E-state index contributed by atoms with van der Waals surface area (Å²) in [5.41, 5.74) is 17.5. The van der Waals surface area contributed by atoms with Crippen LogP contribution in [0.4, 0.5) is 0 Å². The van der Waals surface area contributed by atoms with Crippen molar-refractivity contribution in [2.45, 2.75) is 85.6 Å². The molecule has 0 saturated heterocycles. The molecule has 5 N–H and O–H groups in total. The first-order chi connectivity index (χ1) is 21.6. The van der Waals surface area contributed by atoms with Gasteiger partial charge in [0.15, 0.2) is 0 Å². The first kappa shape index (κ1) is 36.9. The third-order valence-electron chi connectivity index (χ3n) is 8.05. The van der Waals surface area contributed by atoms with Crippen LogP contribution in [0.25, 0.3) is 0 Å². The van der Waals surface area contributed by atoms with Crippen LogP contribution >= 0.6 is 0 Å². The van der Waals surface area contributed by atoms with Crippen molar-refractivity contribution in [1.29, 1.82) is 0 Å². The van der Waals surface area contributed by atoms with Gasteiger partial charge in [0, 0.05) is 66.2 Å². The number of pyridine rings is 1. The summed E-state index contributed by atoms with van der Waals surface area (Å²) in [6, 6.07) is 4.64. The van der Waals surface area contributed by atoms with Gasteiger partial charge in [-0.05, 0) is 112 Å². The molecule has 0 saturated carbocycles. The van der Waals surface area contributed by atoms with Crippen LogP contribution in [0.5, 0.6) is 0 Å². The molecular weight excluding hydrogens is 552 g/mol. The quantitative estimate of drug-likeness (QED) is 0.151. The molecule has 0 bridgehead atoms. The first-order valence-corrected chi connectivity index (χ1v) is 16.3. The van der Waals surface area contributed by atoms with Crippen molar-refractivity contribution in [3.63, 3.8) is 0 Å². The van der Waals surface area contributed by atoms with E-state index in [1.165, 1.54) is 18.4 Å². The lowest BCUT2D eigenvalue weighted by molar-refractivity contribution is 0.506. The van der Waals surface area contributed by atoms with Gasteiger partial charge in [0.1, 0.15) is 0 Å². The van der Waals surface area contributed by atoms with E-state index in [4.69, 9.17) is 5.73 Å². The maximum atomic E-state index is 6.67. The number of allylic oxidation sites excluding steroid dienone is 9. The summed E-state index contributed by atoms with van der Waals surface area (Å²) in [6.07, 6.45) is 25.4. The minimum Gasteiger partial charge on any atom is -0.401 e. The van der Waals surface area contributed by atoms with Gasteiger partial charge < -0.3 is 21.7 Å². The van der Waals surface area contributed by atoms with E-state index in [0.29, 0.717) is 12.5 Å². The highest BCUT2D eigenvalue weighted by Gasteiger charge is 2.26. The van der Waals surface area contributed by atoms with Gasteiger partial charge >= 0.3 is 0 Å². The molecule has 1 atom stereocenters. The highest BCUT2D eigenvalue weighted by atomic mass is 14.9. The number of rotatable bonds is 11. The summed E-state index contributed by atoms with van der Waals surface area (Å²) in [4.78, 5) is 9.10. The molecule has 6 nitrogen and oxygen atoms in total. The van der Waals surface area contributed by atoms with E-state index in [9.17, 15) is 0 Å². The van der Waals surface area contributed by atoms with Crippen molar-refractivity contribution in [3.05, 3.63) is 132 Å². The maximum absolute atomic E-state index is 6.67. The summed E-state index contributed by atoms with van der Waals surface area (Å²) in [5.74, 6) is 0. The number of aryl methyl sites for hydroxylation is 1. The van der Waals surface area contributed by atoms with Gasteiger partial charge in [-0.2, -0.15) is 0 Å². The van der Waals surface area contributed by atoms with Crippen LogP contribution in [0.2, 0.25) is 0 Å². The zero-order valence-corrected chi connectivity index (χ0v) is 28.4. The molecule has 242 valence electrons. The SMILES string of the molecule is C=C=C(Cc1cc(C)ccn1)NC1=CCC(C)(/C(N)=C/C2=C(C)/C=C\NCCCCCN=C2)C=C1.C=CC(=C)NC(CC)CC. The van der Waals surface area contributed by atoms with Gasteiger partial charge in [-0.15, -0.1) is 5.73 Å². The normalized spacial score (nSPS) is 21.0. The molecule has 0 amide bonds. The second kappa shape index (κ2) is 19.9. The lowest BCUT2D eigenvalue weighted by atomic mass is 9.79. The number of nitrogens with one attached hydrogen (secondary N) is 3. The van der Waals surface area contributed by atoms with Crippen molar-refractivity contribution < 1.29 is 0 Å². The molecule has 45 heavy (non-hydrogen) atoms. The Kier molecular flexibility index (Phi) is 16.3. The molecule has 1 unspecified atom stereocenters. The van der Waals surface area contributed by atoms with Crippen molar-refractivity contribution in [1.82, 2.24) is 20.9 Å². The van der Waals surface area contributed by atoms with Crippen molar-refractivity contribution in [2.75, 3.05) is 13.1 Å². The van der Waals surface area contributed by atoms with Crippen LogP contribution in [0.3, 0.4) is 0 Å². The molecule has 1 aromatic rings. The Balaban J connectivity index is 0.000000607. The fraction of sp³-hybridized carbons (Fsp3) is 0.410. The molecule has 0 aromatic carbocycles. The number of hydrogen-bond donors (Lipinski definition) is 4. The minimum absolute atomic E-state index is 0.270. The van der Waals surface area contributed by atoms with Crippen LogP contribution < -0.4 is 21.7 Å². The lowest BCUT2D eigenvalue weighted by Crippen LogP contribution is -2.26. The summed E-state index contributed by atoms with van der Waals surface area (Å²) >= 11 is 0. The fourth-order valence-electron chi connectivity index (χ4n) is 4.77. The Morgan fingerprint density at radius 1 is 1.20 bits per heavy atom. The molecular formula is C39H56N6. The van der Waals surface area contributed by atoms with Gasteiger partial charge in [-0.3, -0.25) is 9.98 Å². The van der Waals surface area contributed by atoms with Crippen LogP contribution in [0.1, 0.15) is 77.5 Å². The molecule has 1 aromatic heterocycles. The van der Waals surface area contributed by atoms with E-state index < -0.39 is 0 Å². The molecule has 0 spiro atoms. The van der Waals surface area contributed by atoms with E-state index in [0.717, 1.165) is 78.4 Å². The standard InChI is InChI=1S/C30H39N5.C9H17N/c1-5-26(21-28-19-23(2)11-18-34-28)35-27-9-13-30(4,14-10-27)29(31)20-25-22-33-16-8-6-7-15-32-17-12-24(25)3;1-5-8(4)10-9(6-2)7-3/h9-13,17-20,22,32,35H,1,6-8,14-16,21,31H2,2-4H3;5,9-10H,1,4,6-7H2,2-3H3/b17-12-,25-24-,29-20-,33-22?;. The zero-order valence-electron chi connectivity index (χ0n) is 28.4. The smallest absolute Gasteiger partial charge is 0.0636 e. The van der Waals surface area contributed by atoms with Crippen LogP contribution in [-0.2, 0) is 6.42 Å². The summed E-state index contributed by atoms with van der Waals surface area (Å²) in [6.45, 7) is 23.8. The molecule has 6 heteroatoms. The Hall–Kier alpha value is -4.28. The third kappa shape index (κ3) is 13.5.